The van der Waals surface area contributed by atoms with Gasteiger partial charge in [0.15, 0.2) is 0 Å². The van der Waals surface area contributed by atoms with Crippen LogP contribution >= 0.6 is 0 Å². The molecule has 1 heterocycles. The normalized spacial score (nSPS) is 20.0. The van der Waals surface area contributed by atoms with Crippen molar-refractivity contribution in [2.75, 3.05) is 32.8 Å². The van der Waals surface area contributed by atoms with Crippen LogP contribution in [-0.2, 0) is 6.54 Å². The summed E-state index contributed by atoms with van der Waals surface area (Å²) in [6.45, 7) is 4.83. The Labute approximate surface area is 121 Å². The predicted octanol–water partition coefficient (Wildman–Crippen LogP) is 1.62. The van der Waals surface area contributed by atoms with Crippen LogP contribution in [0.1, 0.15) is 24.8 Å². The van der Waals surface area contributed by atoms with E-state index in [0.29, 0.717) is 19.1 Å². The molecule has 0 bridgehead atoms. The van der Waals surface area contributed by atoms with Crippen LogP contribution in [0.3, 0.4) is 0 Å². The molecule has 1 aromatic carbocycles. The molecule has 3 N–H and O–H groups in total. The lowest BCUT2D eigenvalue weighted by Gasteiger charge is -2.31. The number of benzene rings is 1. The van der Waals surface area contributed by atoms with Crippen LogP contribution in [0.5, 0.6) is 5.75 Å². The summed E-state index contributed by atoms with van der Waals surface area (Å²) in [5.74, 6) is 1.37. The molecule has 2 rings (SSSR count). The van der Waals surface area contributed by atoms with Gasteiger partial charge >= 0.3 is 0 Å². The van der Waals surface area contributed by atoms with E-state index in [9.17, 15) is 5.11 Å². The average Bonchev–Trinajstić information content (AvgIpc) is 2.52. The first-order valence-electron chi connectivity index (χ1n) is 7.57. The van der Waals surface area contributed by atoms with Gasteiger partial charge in [-0.2, -0.15) is 0 Å². The van der Waals surface area contributed by atoms with Gasteiger partial charge in [-0.15, -0.1) is 0 Å². The van der Waals surface area contributed by atoms with Gasteiger partial charge in [0.25, 0.3) is 0 Å². The summed E-state index contributed by atoms with van der Waals surface area (Å²) >= 11 is 0. The van der Waals surface area contributed by atoms with E-state index in [1.54, 1.807) is 0 Å². The number of rotatable bonds is 7. The Morgan fingerprint density at radius 3 is 3.10 bits per heavy atom. The third-order valence-corrected chi connectivity index (χ3v) is 3.88. The number of ether oxygens (including phenoxy) is 1. The highest BCUT2D eigenvalue weighted by molar-refractivity contribution is 5.28. The van der Waals surface area contributed by atoms with E-state index in [0.717, 1.165) is 50.4 Å². The number of hydrogen-bond acceptors (Lipinski definition) is 4. The molecule has 0 aliphatic carbocycles. The second-order valence-corrected chi connectivity index (χ2v) is 5.54. The maximum atomic E-state index is 9.22. The summed E-state index contributed by atoms with van der Waals surface area (Å²) < 4.78 is 5.76. The molecule has 1 aromatic rings. The Morgan fingerprint density at radius 1 is 1.40 bits per heavy atom. The molecule has 112 valence electrons. The van der Waals surface area contributed by atoms with Gasteiger partial charge in [0.1, 0.15) is 5.75 Å². The van der Waals surface area contributed by atoms with Crippen molar-refractivity contribution >= 4 is 0 Å². The molecule has 20 heavy (non-hydrogen) atoms. The maximum absolute atomic E-state index is 9.22. The number of likely N-dealkylation sites (tertiary alicyclic amines) is 1. The lowest BCUT2D eigenvalue weighted by molar-refractivity contribution is 0.115. The number of hydrogen-bond donors (Lipinski definition) is 2. The van der Waals surface area contributed by atoms with Crippen molar-refractivity contribution < 1.29 is 9.84 Å². The van der Waals surface area contributed by atoms with Crippen LogP contribution in [0.2, 0.25) is 0 Å². The minimum absolute atomic E-state index is 0.318. The van der Waals surface area contributed by atoms with Crippen molar-refractivity contribution in [3.8, 4) is 5.75 Å². The van der Waals surface area contributed by atoms with Crippen LogP contribution in [0, 0.1) is 5.92 Å². The molecular formula is C16H26N2O2. The fourth-order valence-electron chi connectivity index (χ4n) is 2.74. The van der Waals surface area contributed by atoms with Gasteiger partial charge < -0.3 is 20.5 Å². The molecule has 1 aliphatic rings. The van der Waals surface area contributed by atoms with Gasteiger partial charge in [0.05, 0.1) is 6.61 Å². The Hall–Kier alpha value is -1.10. The monoisotopic (exact) mass is 278 g/mol. The molecule has 0 amide bonds. The van der Waals surface area contributed by atoms with Crippen LogP contribution in [0.25, 0.3) is 0 Å². The minimum atomic E-state index is 0.318. The lowest BCUT2D eigenvalue weighted by atomic mass is 9.99. The summed E-state index contributed by atoms with van der Waals surface area (Å²) in [4.78, 5) is 2.43. The molecule has 1 saturated heterocycles. The van der Waals surface area contributed by atoms with Crippen molar-refractivity contribution in [2.45, 2.75) is 25.8 Å². The van der Waals surface area contributed by atoms with E-state index in [1.807, 2.05) is 24.3 Å². The Bertz CT molecular complexity index is 398. The zero-order chi connectivity index (χ0) is 14.2. The molecule has 4 nitrogen and oxygen atoms in total. The molecular weight excluding hydrogens is 252 g/mol. The third kappa shape index (κ3) is 4.78. The van der Waals surface area contributed by atoms with E-state index in [-0.39, 0.29) is 0 Å². The SMILES string of the molecule is NCc1cccc(OCCCN2CCCC(CO)C2)c1. The first kappa shape index (κ1) is 15.3. The second-order valence-electron chi connectivity index (χ2n) is 5.54. The molecule has 1 unspecified atom stereocenters. The smallest absolute Gasteiger partial charge is 0.119 e. The first-order chi connectivity index (χ1) is 9.81. The van der Waals surface area contributed by atoms with Crippen molar-refractivity contribution in [1.82, 2.24) is 4.90 Å². The quantitative estimate of drug-likeness (QED) is 0.744. The number of nitrogens with two attached hydrogens (primary N) is 1. The number of piperidine rings is 1. The predicted molar refractivity (Wildman–Crippen MR) is 80.7 cm³/mol. The highest BCUT2D eigenvalue weighted by atomic mass is 16.5. The topological polar surface area (TPSA) is 58.7 Å². The zero-order valence-corrected chi connectivity index (χ0v) is 12.1. The highest BCUT2D eigenvalue weighted by Crippen LogP contribution is 2.16. The maximum Gasteiger partial charge on any atom is 0.119 e. The summed E-state index contributed by atoms with van der Waals surface area (Å²) in [6, 6.07) is 7.97. The Balaban J connectivity index is 1.65. The Morgan fingerprint density at radius 2 is 2.30 bits per heavy atom. The van der Waals surface area contributed by atoms with Crippen molar-refractivity contribution in [3.63, 3.8) is 0 Å². The lowest BCUT2D eigenvalue weighted by Crippen LogP contribution is -2.37. The molecule has 0 saturated carbocycles. The second kappa shape index (κ2) is 8.25. The van der Waals surface area contributed by atoms with E-state index < -0.39 is 0 Å². The minimum Gasteiger partial charge on any atom is -0.494 e. The zero-order valence-electron chi connectivity index (χ0n) is 12.1. The van der Waals surface area contributed by atoms with Crippen LogP contribution in [-0.4, -0.2) is 42.9 Å². The number of aliphatic hydroxyl groups is 1. The standard InChI is InChI=1S/C16H26N2O2/c17-11-14-4-1-6-16(10-14)20-9-3-8-18-7-2-5-15(12-18)13-19/h1,4,6,10,15,19H,2-3,5,7-9,11-13,17H2. The summed E-state index contributed by atoms with van der Waals surface area (Å²) in [5, 5.41) is 9.22. The Kier molecular flexibility index (Phi) is 6.30. The van der Waals surface area contributed by atoms with Crippen LogP contribution < -0.4 is 10.5 Å². The van der Waals surface area contributed by atoms with Crippen LogP contribution in [0.4, 0.5) is 0 Å². The summed E-state index contributed by atoms with van der Waals surface area (Å²) in [5.41, 5.74) is 6.72. The third-order valence-electron chi connectivity index (χ3n) is 3.88. The van der Waals surface area contributed by atoms with E-state index >= 15 is 0 Å². The van der Waals surface area contributed by atoms with E-state index in [4.69, 9.17) is 10.5 Å². The fraction of sp³-hybridized carbons (Fsp3) is 0.625. The summed E-state index contributed by atoms with van der Waals surface area (Å²) in [7, 11) is 0. The fourth-order valence-corrected chi connectivity index (χ4v) is 2.74. The van der Waals surface area contributed by atoms with Crippen LogP contribution in [0.15, 0.2) is 24.3 Å². The largest absolute Gasteiger partial charge is 0.494 e. The molecule has 0 radical (unpaired) electrons. The first-order valence-corrected chi connectivity index (χ1v) is 7.57. The molecule has 4 heteroatoms. The van der Waals surface area contributed by atoms with Gasteiger partial charge in [0.2, 0.25) is 0 Å². The van der Waals surface area contributed by atoms with Crippen molar-refractivity contribution in [1.29, 1.82) is 0 Å². The molecule has 1 aliphatic heterocycles. The van der Waals surface area contributed by atoms with Gasteiger partial charge in [-0.3, -0.25) is 0 Å². The molecule has 0 spiro atoms. The number of aliphatic hydroxyl groups excluding tert-OH is 1. The van der Waals surface area contributed by atoms with E-state index in [1.165, 1.54) is 6.42 Å². The summed E-state index contributed by atoms with van der Waals surface area (Å²) in [6.07, 6.45) is 3.38. The van der Waals surface area contributed by atoms with Crippen molar-refractivity contribution in [3.05, 3.63) is 29.8 Å². The molecule has 1 fully saturated rings. The van der Waals surface area contributed by atoms with Gasteiger partial charge in [-0.25, -0.2) is 0 Å². The van der Waals surface area contributed by atoms with E-state index in [2.05, 4.69) is 4.90 Å². The van der Waals surface area contributed by atoms with Gasteiger partial charge in [0, 0.05) is 26.2 Å². The average molecular weight is 278 g/mol. The highest BCUT2D eigenvalue weighted by Gasteiger charge is 2.18. The molecule has 1 atom stereocenters. The van der Waals surface area contributed by atoms with Gasteiger partial charge in [-0.05, 0) is 49.4 Å². The van der Waals surface area contributed by atoms with Crippen molar-refractivity contribution in [2.24, 2.45) is 11.7 Å². The molecule has 0 aromatic heterocycles. The number of nitrogens with zero attached hydrogens (tertiary/aromatic N) is 1. The van der Waals surface area contributed by atoms with Gasteiger partial charge in [-0.1, -0.05) is 12.1 Å².